The van der Waals surface area contributed by atoms with Crippen molar-refractivity contribution in [1.29, 1.82) is 5.26 Å². The van der Waals surface area contributed by atoms with Gasteiger partial charge in [-0.3, -0.25) is 13.9 Å². The third-order valence-corrected chi connectivity index (χ3v) is 3.97. The molecular formula is C12H13N5O2S. The maximum Gasteiger partial charge on any atom is 0.331 e. The Morgan fingerprint density at radius 1 is 1.40 bits per heavy atom. The number of aryl methyl sites for hydroxylation is 1. The van der Waals surface area contributed by atoms with Gasteiger partial charge in [-0.15, -0.1) is 0 Å². The van der Waals surface area contributed by atoms with E-state index >= 15 is 0 Å². The first kappa shape index (κ1) is 14.1. The molecule has 0 spiro atoms. The summed E-state index contributed by atoms with van der Waals surface area (Å²) < 4.78 is 2.20. The molecule has 0 bridgehead atoms. The van der Waals surface area contributed by atoms with Gasteiger partial charge in [0.05, 0.1) is 0 Å². The first-order chi connectivity index (χ1) is 9.49. The Kier molecular flexibility index (Phi) is 3.81. The van der Waals surface area contributed by atoms with Gasteiger partial charge < -0.3 is 4.98 Å². The van der Waals surface area contributed by atoms with E-state index in [1.807, 2.05) is 13.0 Å². The van der Waals surface area contributed by atoms with Gasteiger partial charge in [0.25, 0.3) is 5.56 Å². The highest BCUT2D eigenvalue weighted by molar-refractivity contribution is 7.99. The fourth-order valence-electron chi connectivity index (χ4n) is 1.70. The van der Waals surface area contributed by atoms with Crippen LogP contribution in [0.4, 0.5) is 0 Å². The predicted molar refractivity (Wildman–Crippen MR) is 73.7 cm³/mol. The summed E-state index contributed by atoms with van der Waals surface area (Å²) in [4.78, 5) is 31.0. The van der Waals surface area contributed by atoms with E-state index in [9.17, 15) is 9.59 Å². The van der Waals surface area contributed by atoms with Crippen LogP contribution in [-0.2, 0) is 20.5 Å². The number of H-pyrrole nitrogens is 1. The topological polar surface area (TPSA) is 96.5 Å². The van der Waals surface area contributed by atoms with Crippen LogP contribution in [0.25, 0.3) is 0 Å². The minimum atomic E-state index is -0.597. The van der Waals surface area contributed by atoms with Crippen molar-refractivity contribution in [3.05, 3.63) is 38.3 Å². The van der Waals surface area contributed by atoms with E-state index in [0.717, 1.165) is 28.4 Å². The normalized spacial score (nSPS) is 10.5. The highest BCUT2D eigenvalue weighted by Crippen LogP contribution is 2.25. The molecule has 0 aromatic carbocycles. The van der Waals surface area contributed by atoms with E-state index < -0.39 is 11.2 Å². The highest BCUT2D eigenvalue weighted by atomic mass is 32.2. The van der Waals surface area contributed by atoms with Crippen molar-refractivity contribution in [3.63, 3.8) is 0 Å². The number of hydrogen-bond acceptors (Lipinski definition) is 5. The van der Waals surface area contributed by atoms with Gasteiger partial charge in [-0.05, 0) is 18.2 Å². The maximum absolute atomic E-state index is 11.9. The second-order valence-electron chi connectivity index (χ2n) is 4.17. The summed E-state index contributed by atoms with van der Waals surface area (Å²) in [5, 5.41) is 9.98. The Morgan fingerprint density at radius 3 is 2.65 bits per heavy atom. The zero-order valence-corrected chi connectivity index (χ0v) is 12.1. The molecule has 2 aromatic heterocycles. The lowest BCUT2D eigenvalue weighted by Crippen LogP contribution is -2.39. The molecule has 2 heterocycles. The van der Waals surface area contributed by atoms with Gasteiger partial charge in [-0.2, -0.15) is 5.26 Å². The van der Waals surface area contributed by atoms with E-state index in [1.54, 1.807) is 6.20 Å². The second kappa shape index (κ2) is 5.38. The molecule has 0 unspecified atom stereocenters. The number of rotatable bonds is 3. The van der Waals surface area contributed by atoms with Crippen molar-refractivity contribution in [2.45, 2.75) is 23.5 Å². The minimum Gasteiger partial charge on any atom is -0.337 e. The van der Waals surface area contributed by atoms with E-state index in [0.29, 0.717) is 5.16 Å². The molecule has 0 saturated carbocycles. The summed E-state index contributed by atoms with van der Waals surface area (Å²) in [6, 6.07) is 1.86. The molecular weight excluding hydrogens is 278 g/mol. The van der Waals surface area contributed by atoms with Gasteiger partial charge >= 0.3 is 5.69 Å². The van der Waals surface area contributed by atoms with Gasteiger partial charge in [-0.25, -0.2) is 9.78 Å². The molecule has 2 aromatic rings. The Bertz CT molecular complexity index is 809. The smallest absolute Gasteiger partial charge is 0.331 e. The van der Waals surface area contributed by atoms with Crippen LogP contribution >= 0.6 is 11.8 Å². The van der Waals surface area contributed by atoms with Crippen molar-refractivity contribution in [2.75, 3.05) is 0 Å². The predicted octanol–water partition coefficient (Wildman–Crippen LogP) is 0.392. The van der Waals surface area contributed by atoms with Crippen LogP contribution in [0.2, 0.25) is 0 Å². The minimum absolute atomic E-state index is 0.0611. The van der Waals surface area contributed by atoms with Gasteiger partial charge in [0.2, 0.25) is 0 Å². The number of nitriles is 1. The first-order valence-corrected chi connectivity index (χ1v) is 6.73. The van der Waals surface area contributed by atoms with E-state index in [4.69, 9.17) is 5.26 Å². The number of nitrogens with zero attached hydrogens (tertiary/aromatic N) is 4. The van der Waals surface area contributed by atoms with E-state index in [1.165, 1.54) is 18.7 Å². The molecule has 0 amide bonds. The van der Waals surface area contributed by atoms with Crippen LogP contribution in [0.5, 0.6) is 0 Å². The lowest BCUT2D eigenvalue weighted by molar-refractivity contribution is 0.630. The Morgan fingerprint density at radius 2 is 2.10 bits per heavy atom. The maximum atomic E-state index is 11.9. The Labute approximate surface area is 118 Å². The zero-order chi connectivity index (χ0) is 14.9. The monoisotopic (exact) mass is 291 g/mol. The van der Waals surface area contributed by atoms with E-state index in [2.05, 4.69) is 9.97 Å². The molecule has 104 valence electrons. The number of aromatic amines is 1. The molecule has 0 aliphatic rings. The molecule has 8 heteroatoms. The molecule has 0 aliphatic carbocycles. The summed E-state index contributed by atoms with van der Waals surface area (Å²) >= 11 is 1.10. The molecule has 2 rings (SSSR count). The molecule has 0 fully saturated rings. The third kappa shape index (κ3) is 2.28. The zero-order valence-electron chi connectivity index (χ0n) is 11.3. The largest absolute Gasteiger partial charge is 0.337 e. The summed E-state index contributed by atoms with van der Waals surface area (Å²) in [5.74, 6) is 0. The highest BCUT2D eigenvalue weighted by Gasteiger charge is 2.17. The third-order valence-electron chi connectivity index (χ3n) is 2.90. The lowest BCUT2D eigenvalue weighted by atomic mass is 10.3. The van der Waals surface area contributed by atoms with Gasteiger partial charge in [0.15, 0.2) is 5.16 Å². The standard InChI is InChI=1S/C12H13N5O2S/c1-4-7-6-14-11(15-7)20-10-8(5-13)9(18)16(2)12(19)17(10)3/h6H,4H2,1-3H3,(H,14,15). The lowest BCUT2D eigenvalue weighted by Gasteiger charge is -2.09. The quantitative estimate of drug-likeness (QED) is 0.825. The molecule has 0 radical (unpaired) electrons. The summed E-state index contributed by atoms with van der Waals surface area (Å²) in [7, 11) is 2.87. The molecule has 1 N–H and O–H groups in total. The average Bonchev–Trinajstić information content (AvgIpc) is 2.90. The number of nitrogens with one attached hydrogen (secondary N) is 1. The van der Waals surface area contributed by atoms with Crippen LogP contribution in [0.15, 0.2) is 26.0 Å². The van der Waals surface area contributed by atoms with Crippen LogP contribution in [0, 0.1) is 11.3 Å². The van der Waals surface area contributed by atoms with Crippen molar-refractivity contribution >= 4 is 11.8 Å². The van der Waals surface area contributed by atoms with Gasteiger partial charge in [0.1, 0.15) is 16.7 Å². The van der Waals surface area contributed by atoms with Gasteiger partial charge in [0, 0.05) is 26.0 Å². The summed E-state index contributed by atoms with van der Waals surface area (Å²) in [6.45, 7) is 1.98. The average molecular weight is 291 g/mol. The summed E-state index contributed by atoms with van der Waals surface area (Å²) in [5.41, 5.74) is -0.187. The van der Waals surface area contributed by atoms with Crippen LogP contribution in [-0.4, -0.2) is 19.1 Å². The molecule has 0 aliphatic heterocycles. The number of aromatic nitrogens is 4. The fourth-order valence-corrected chi connectivity index (χ4v) is 2.62. The molecule has 0 atom stereocenters. The van der Waals surface area contributed by atoms with Crippen LogP contribution in [0.3, 0.4) is 0 Å². The van der Waals surface area contributed by atoms with E-state index in [-0.39, 0.29) is 10.6 Å². The van der Waals surface area contributed by atoms with Gasteiger partial charge in [-0.1, -0.05) is 6.92 Å². The Hall–Kier alpha value is -2.27. The molecule has 7 nitrogen and oxygen atoms in total. The summed E-state index contributed by atoms with van der Waals surface area (Å²) in [6.07, 6.45) is 2.49. The fraction of sp³-hybridized carbons (Fsp3) is 0.333. The Balaban J connectivity index is 2.60. The number of imidazole rings is 1. The SMILES string of the molecule is CCc1cnc(Sc2c(C#N)c(=O)n(C)c(=O)n2C)[nH]1. The second-order valence-corrected chi connectivity index (χ2v) is 5.14. The van der Waals surface area contributed by atoms with Crippen molar-refractivity contribution in [2.24, 2.45) is 14.1 Å². The molecule has 0 saturated heterocycles. The number of hydrogen-bond donors (Lipinski definition) is 1. The van der Waals surface area contributed by atoms with Crippen molar-refractivity contribution < 1.29 is 0 Å². The van der Waals surface area contributed by atoms with Crippen LogP contribution in [0.1, 0.15) is 18.2 Å². The van der Waals surface area contributed by atoms with Crippen molar-refractivity contribution in [3.8, 4) is 6.07 Å². The van der Waals surface area contributed by atoms with Crippen molar-refractivity contribution in [1.82, 2.24) is 19.1 Å². The van der Waals surface area contributed by atoms with Crippen LogP contribution < -0.4 is 11.2 Å². The first-order valence-electron chi connectivity index (χ1n) is 5.91. The molecule has 20 heavy (non-hydrogen) atoms.